The number of ether oxygens (including phenoxy) is 1. The zero-order valence-electron chi connectivity index (χ0n) is 6.36. The summed E-state index contributed by atoms with van der Waals surface area (Å²) in [6, 6.07) is 0. The molecule has 0 spiro atoms. The molecular weight excluding hydrogens is 124 g/mol. The molecule has 2 aliphatic rings. The Balaban J connectivity index is 2.00. The van der Waals surface area contributed by atoms with Crippen molar-refractivity contribution in [2.24, 2.45) is 0 Å². The average molecular weight is 138 g/mol. The third kappa shape index (κ3) is 1.05. The van der Waals surface area contributed by atoms with Crippen molar-refractivity contribution in [2.45, 2.75) is 38.5 Å². The van der Waals surface area contributed by atoms with Crippen LogP contribution in [0.15, 0.2) is 11.3 Å². The van der Waals surface area contributed by atoms with Crippen molar-refractivity contribution in [2.75, 3.05) is 6.61 Å². The van der Waals surface area contributed by atoms with Crippen LogP contribution in [0.3, 0.4) is 0 Å². The van der Waals surface area contributed by atoms with Crippen LogP contribution in [0.2, 0.25) is 0 Å². The molecule has 0 bridgehead atoms. The van der Waals surface area contributed by atoms with Crippen LogP contribution < -0.4 is 0 Å². The van der Waals surface area contributed by atoms with E-state index in [1.165, 1.54) is 44.3 Å². The maximum atomic E-state index is 5.35. The van der Waals surface area contributed by atoms with E-state index in [-0.39, 0.29) is 0 Å². The highest BCUT2D eigenvalue weighted by Gasteiger charge is 2.17. The van der Waals surface area contributed by atoms with Crippen molar-refractivity contribution in [3.8, 4) is 0 Å². The topological polar surface area (TPSA) is 9.23 Å². The molecule has 0 aromatic carbocycles. The molecule has 2 fully saturated rings. The zero-order valence-corrected chi connectivity index (χ0v) is 6.36. The van der Waals surface area contributed by atoms with Gasteiger partial charge in [-0.2, -0.15) is 0 Å². The van der Waals surface area contributed by atoms with Gasteiger partial charge in [0.1, 0.15) is 0 Å². The first-order valence-corrected chi connectivity index (χ1v) is 4.30. The number of hydrogen-bond acceptors (Lipinski definition) is 1. The summed E-state index contributed by atoms with van der Waals surface area (Å²) in [7, 11) is 0. The van der Waals surface area contributed by atoms with Gasteiger partial charge in [0.25, 0.3) is 0 Å². The molecule has 1 aliphatic heterocycles. The summed E-state index contributed by atoms with van der Waals surface area (Å²) in [5.74, 6) is 1.33. The first-order chi connectivity index (χ1) is 4.97. The Labute approximate surface area is 62.1 Å². The molecule has 0 atom stereocenters. The zero-order chi connectivity index (χ0) is 6.81. The fourth-order valence-electron chi connectivity index (χ4n) is 1.74. The van der Waals surface area contributed by atoms with Gasteiger partial charge in [-0.3, -0.25) is 0 Å². The molecular formula is C9H14O. The van der Waals surface area contributed by atoms with E-state index >= 15 is 0 Å². The van der Waals surface area contributed by atoms with Gasteiger partial charge in [-0.1, -0.05) is 6.42 Å². The van der Waals surface area contributed by atoms with E-state index in [1.807, 2.05) is 0 Å². The summed E-state index contributed by atoms with van der Waals surface area (Å²) >= 11 is 0. The smallest absolute Gasteiger partial charge is 0.0985 e. The lowest BCUT2D eigenvalue weighted by atomic mass is 9.92. The second-order valence-electron chi connectivity index (χ2n) is 3.19. The maximum absolute atomic E-state index is 5.35. The molecule has 0 aromatic rings. The molecule has 1 saturated heterocycles. The molecule has 1 saturated carbocycles. The second-order valence-corrected chi connectivity index (χ2v) is 3.19. The fraction of sp³-hybridized carbons (Fsp3) is 0.778. The molecule has 2 rings (SSSR count). The van der Waals surface area contributed by atoms with Gasteiger partial charge in [-0.05, 0) is 31.3 Å². The molecule has 1 heteroatoms. The third-order valence-corrected chi connectivity index (χ3v) is 2.46. The predicted molar refractivity (Wildman–Crippen MR) is 40.7 cm³/mol. The molecule has 56 valence electrons. The summed E-state index contributed by atoms with van der Waals surface area (Å²) < 4.78 is 5.35. The van der Waals surface area contributed by atoms with E-state index < -0.39 is 0 Å². The Morgan fingerprint density at radius 2 is 1.60 bits per heavy atom. The predicted octanol–water partition coefficient (Wildman–Crippen LogP) is 2.62. The van der Waals surface area contributed by atoms with Crippen molar-refractivity contribution in [1.29, 1.82) is 0 Å². The number of allylic oxidation sites excluding steroid dienone is 1. The van der Waals surface area contributed by atoms with E-state index in [0.717, 1.165) is 6.61 Å². The van der Waals surface area contributed by atoms with Crippen LogP contribution in [0.25, 0.3) is 0 Å². The van der Waals surface area contributed by atoms with Crippen LogP contribution >= 0.6 is 0 Å². The van der Waals surface area contributed by atoms with E-state index in [0.29, 0.717) is 0 Å². The third-order valence-electron chi connectivity index (χ3n) is 2.46. The molecule has 1 nitrogen and oxygen atoms in total. The highest BCUT2D eigenvalue weighted by molar-refractivity contribution is 5.13. The minimum atomic E-state index is 0.971. The van der Waals surface area contributed by atoms with Gasteiger partial charge >= 0.3 is 0 Å². The summed E-state index contributed by atoms with van der Waals surface area (Å²) in [6.07, 6.45) is 8.06. The van der Waals surface area contributed by atoms with Gasteiger partial charge in [0.05, 0.1) is 12.4 Å². The summed E-state index contributed by atoms with van der Waals surface area (Å²) in [4.78, 5) is 0. The minimum Gasteiger partial charge on any atom is -0.497 e. The van der Waals surface area contributed by atoms with Crippen molar-refractivity contribution in [3.05, 3.63) is 11.3 Å². The molecule has 1 heterocycles. The quantitative estimate of drug-likeness (QED) is 0.500. The molecule has 0 unspecified atom stereocenters. The van der Waals surface area contributed by atoms with Gasteiger partial charge in [-0.25, -0.2) is 0 Å². The monoisotopic (exact) mass is 138 g/mol. The molecule has 0 aromatic heterocycles. The Morgan fingerprint density at radius 3 is 2.10 bits per heavy atom. The van der Waals surface area contributed by atoms with Crippen molar-refractivity contribution in [1.82, 2.24) is 0 Å². The Morgan fingerprint density at radius 1 is 0.900 bits per heavy atom. The van der Waals surface area contributed by atoms with Crippen LogP contribution in [-0.4, -0.2) is 6.61 Å². The minimum absolute atomic E-state index is 0.971. The number of rotatable bonds is 0. The van der Waals surface area contributed by atoms with Gasteiger partial charge in [-0.15, -0.1) is 0 Å². The van der Waals surface area contributed by atoms with E-state index in [2.05, 4.69) is 0 Å². The van der Waals surface area contributed by atoms with Crippen molar-refractivity contribution in [3.63, 3.8) is 0 Å². The number of hydrogen-bond donors (Lipinski definition) is 0. The summed E-state index contributed by atoms with van der Waals surface area (Å²) in [5, 5.41) is 0. The highest BCUT2D eigenvalue weighted by Crippen LogP contribution is 2.30. The Hall–Kier alpha value is -0.460. The van der Waals surface area contributed by atoms with Gasteiger partial charge in [0, 0.05) is 6.42 Å². The Bertz CT molecular complexity index is 144. The molecule has 0 N–H and O–H groups in total. The van der Waals surface area contributed by atoms with Crippen molar-refractivity contribution >= 4 is 0 Å². The van der Waals surface area contributed by atoms with Crippen LogP contribution in [0.4, 0.5) is 0 Å². The van der Waals surface area contributed by atoms with Crippen LogP contribution in [0, 0.1) is 0 Å². The summed E-state index contributed by atoms with van der Waals surface area (Å²) in [6.45, 7) is 0.971. The molecule has 0 radical (unpaired) electrons. The first-order valence-electron chi connectivity index (χ1n) is 4.30. The molecule has 0 amide bonds. The largest absolute Gasteiger partial charge is 0.497 e. The molecule has 10 heavy (non-hydrogen) atoms. The van der Waals surface area contributed by atoms with Gasteiger partial charge in [0.2, 0.25) is 0 Å². The SMILES string of the molecule is C1CCC(=C2CCO2)CC1. The van der Waals surface area contributed by atoms with E-state index in [9.17, 15) is 0 Å². The lowest BCUT2D eigenvalue weighted by Crippen LogP contribution is -2.13. The van der Waals surface area contributed by atoms with Crippen LogP contribution in [-0.2, 0) is 4.74 Å². The summed E-state index contributed by atoms with van der Waals surface area (Å²) in [5.41, 5.74) is 1.62. The van der Waals surface area contributed by atoms with Crippen LogP contribution in [0.5, 0.6) is 0 Å². The first kappa shape index (κ1) is 6.26. The van der Waals surface area contributed by atoms with E-state index in [1.54, 1.807) is 5.57 Å². The molecule has 1 aliphatic carbocycles. The maximum Gasteiger partial charge on any atom is 0.0985 e. The normalized spacial score (nSPS) is 25.6. The average Bonchev–Trinajstić information content (AvgIpc) is 1.86. The van der Waals surface area contributed by atoms with Gasteiger partial charge in [0.15, 0.2) is 0 Å². The fourth-order valence-corrected chi connectivity index (χ4v) is 1.74. The highest BCUT2D eigenvalue weighted by atomic mass is 16.5. The van der Waals surface area contributed by atoms with Crippen molar-refractivity contribution < 1.29 is 4.74 Å². The van der Waals surface area contributed by atoms with E-state index in [4.69, 9.17) is 4.74 Å². The second kappa shape index (κ2) is 2.65. The lowest BCUT2D eigenvalue weighted by Gasteiger charge is -2.25. The standard InChI is InChI=1S/C9H14O/c1-2-4-8(5-3-1)9-6-7-10-9/h1-7H2. The van der Waals surface area contributed by atoms with Gasteiger partial charge < -0.3 is 4.74 Å². The Kier molecular flexibility index (Phi) is 1.66. The van der Waals surface area contributed by atoms with Crippen LogP contribution in [0.1, 0.15) is 38.5 Å². The lowest BCUT2D eigenvalue weighted by molar-refractivity contribution is 0.111.